The van der Waals surface area contributed by atoms with Gasteiger partial charge in [0.15, 0.2) is 0 Å². The molecule has 216 valence electrons. The fourth-order valence-electron chi connectivity index (χ4n) is 5.78. The SMILES string of the molecule is Cc1nc(NCCC(=O)N2CCCCCCCCN(Cc3ccccc3)c3ccccc3C2)c2c(C)c(C)sc2n1. The highest BCUT2D eigenvalue weighted by atomic mass is 32.1. The van der Waals surface area contributed by atoms with Crippen LogP contribution in [0.5, 0.6) is 0 Å². The summed E-state index contributed by atoms with van der Waals surface area (Å²) in [5.41, 5.74) is 5.00. The Bertz CT molecular complexity index is 1450. The number of para-hydroxylation sites is 1. The molecule has 0 spiro atoms. The van der Waals surface area contributed by atoms with Crippen LogP contribution in [0.3, 0.4) is 0 Å². The van der Waals surface area contributed by atoms with Crippen LogP contribution < -0.4 is 10.2 Å². The van der Waals surface area contributed by atoms with Gasteiger partial charge in [-0.25, -0.2) is 9.97 Å². The van der Waals surface area contributed by atoms with Crippen molar-refractivity contribution in [1.82, 2.24) is 14.9 Å². The van der Waals surface area contributed by atoms with Gasteiger partial charge in [-0.2, -0.15) is 0 Å². The van der Waals surface area contributed by atoms with Crippen molar-refractivity contribution < 1.29 is 4.79 Å². The molecule has 41 heavy (non-hydrogen) atoms. The summed E-state index contributed by atoms with van der Waals surface area (Å²) >= 11 is 1.71. The number of aryl methyl sites for hydroxylation is 3. The van der Waals surface area contributed by atoms with E-state index in [2.05, 4.69) is 93.5 Å². The highest BCUT2D eigenvalue weighted by Crippen LogP contribution is 2.33. The van der Waals surface area contributed by atoms with Gasteiger partial charge in [0.05, 0.1) is 5.39 Å². The summed E-state index contributed by atoms with van der Waals surface area (Å²) in [6, 6.07) is 19.4. The molecule has 0 saturated heterocycles. The maximum Gasteiger partial charge on any atom is 0.224 e. The van der Waals surface area contributed by atoms with Crippen LogP contribution in [0.2, 0.25) is 0 Å². The third-order valence-electron chi connectivity index (χ3n) is 8.14. The van der Waals surface area contributed by atoms with E-state index in [9.17, 15) is 4.79 Å². The van der Waals surface area contributed by atoms with Gasteiger partial charge in [-0.3, -0.25) is 4.79 Å². The van der Waals surface area contributed by atoms with E-state index in [0.29, 0.717) is 19.5 Å². The fraction of sp³-hybridized carbons (Fsp3) is 0.441. The van der Waals surface area contributed by atoms with Crippen LogP contribution in [0.15, 0.2) is 54.6 Å². The second-order valence-electron chi connectivity index (χ2n) is 11.2. The number of carbonyl (C=O) groups is 1. The molecule has 0 aliphatic carbocycles. The minimum Gasteiger partial charge on any atom is -0.369 e. The minimum absolute atomic E-state index is 0.192. The summed E-state index contributed by atoms with van der Waals surface area (Å²) in [6.07, 6.45) is 7.59. The highest BCUT2D eigenvalue weighted by molar-refractivity contribution is 7.18. The van der Waals surface area contributed by atoms with Crippen LogP contribution in [0.1, 0.15) is 72.3 Å². The fourth-order valence-corrected chi connectivity index (χ4v) is 6.86. The Hall–Kier alpha value is -3.45. The van der Waals surface area contributed by atoms with Gasteiger partial charge in [0.25, 0.3) is 0 Å². The first-order valence-corrected chi connectivity index (χ1v) is 15.9. The van der Waals surface area contributed by atoms with Crippen molar-refractivity contribution in [2.24, 2.45) is 0 Å². The van der Waals surface area contributed by atoms with Crippen molar-refractivity contribution in [2.45, 2.75) is 78.8 Å². The van der Waals surface area contributed by atoms with Crippen LogP contribution in [0.25, 0.3) is 10.2 Å². The molecule has 6 nitrogen and oxygen atoms in total. The van der Waals surface area contributed by atoms with Gasteiger partial charge in [-0.05, 0) is 56.4 Å². The van der Waals surface area contributed by atoms with E-state index in [0.717, 1.165) is 47.9 Å². The van der Waals surface area contributed by atoms with Crippen molar-refractivity contribution in [1.29, 1.82) is 0 Å². The van der Waals surface area contributed by atoms with Crippen molar-refractivity contribution in [3.05, 3.63) is 82.0 Å². The molecular weight excluding hydrogens is 526 g/mol. The lowest BCUT2D eigenvalue weighted by Crippen LogP contribution is -2.34. The topological polar surface area (TPSA) is 61.4 Å². The number of hydrogen-bond acceptors (Lipinski definition) is 6. The third-order valence-corrected chi connectivity index (χ3v) is 9.24. The largest absolute Gasteiger partial charge is 0.369 e. The Morgan fingerprint density at radius 3 is 2.39 bits per heavy atom. The van der Waals surface area contributed by atoms with Crippen LogP contribution in [0.4, 0.5) is 11.5 Å². The van der Waals surface area contributed by atoms with Gasteiger partial charge in [0, 0.05) is 49.7 Å². The van der Waals surface area contributed by atoms with Gasteiger partial charge in [0.2, 0.25) is 5.91 Å². The number of thiophene rings is 1. The molecule has 5 rings (SSSR count). The first-order chi connectivity index (χ1) is 20.0. The second-order valence-corrected chi connectivity index (χ2v) is 12.4. The predicted octanol–water partition coefficient (Wildman–Crippen LogP) is 7.81. The number of rotatable bonds is 6. The Labute approximate surface area is 248 Å². The smallest absolute Gasteiger partial charge is 0.224 e. The first kappa shape index (κ1) is 29.1. The standard InChI is InChI=1S/C34H43N5OS/c1-25-26(2)41-34-32(25)33(36-27(3)37-34)35-20-19-31(40)39-22-14-7-5-4-6-13-21-38(23-28-15-9-8-10-16-28)30-18-12-11-17-29(30)24-39/h8-12,15-18H,4-7,13-14,19-24H2,1-3H3,(H,35,36,37). The monoisotopic (exact) mass is 569 g/mol. The molecule has 1 aliphatic heterocycles. The maximum absolute atomic E-state index is 13.7. The molecule has 0 radical (unpaired) electrons. The molecule has 0 atom stereocenters. The van der Waals surface area contributed by atoms with Crippen LogP contribution in [-0.4, -0.2) is 40.4 Å². The lowest BCUT2D eigenvalue weighted by Gasteiger charge is -2.30. The summed E-state index contributed by atoms with van der Waals surface area (Å²) in [7, 11) is 0. The van der Waals surface area contributed by atoms with Crippen molar-refractivity contribution >= 4 is 39.0 Å². The number of anilines is 2. The molecule has 0 unspecified atom stereocenters. The Kier molecular flexibility index (Phi) is 9.88. The summed E-state index contributed by atoms with van der Waals surface area (Å²) in [6.45, 7) is 10.1. The van der Waals surface area contributed by atoms with E-state index in [-0.39, 0.29) is 5.91 Å². The molecule has 1 amide bonds. The first-order valence-electron chi connectivity index (χ1n) is 15.1. The normalized spacial score (nSPS) is 15.1. The van der Waals surface area contributed by atoms with E-state index in [1.54, 1.807) is 11.3 Å². The number of benzene rings is 2. The molecule has 1 aliphatic rings. The van der Waals surface area contributed by atoms with Gasteiger partial charge < -0.3 is 15.1 Å². The minimum atomic E-state index is 0.192. The van der Waals surface area contributed by atoms with E-state index in [1.807, 2.05) is 6.92 Å². The zero-order valence-electron chi connectivity index (χ0n) is 24.8. The Morgan fingerprint density at radius 1 is 0.878 bits per heavy atom. The highest BCUT2D eigenvalue weighted by Gasteiger charge is 2.19. The van der Waals surface area contributed by atoms with Crippen LogP contribution >= 0.6 is 11.3 Å². The van der Waals surface area contributed by atoms with E-state index < -0.39 is 0 Å². The molecule has 0 bridgehead atoms. The average molecular weight is 570 g/mol. The molecule has 7 heteroatoms. The molecule has 2 aromatic carbocycles. The molecule has 1 N–H and O–H groups in total. The molecular formula is C34H43N5OS. The van der Waals surface area contributed by atoms with Crippen molar-refractivity contribution in [2.75, 3.05) is 29.9 Å². The second kappa shape index (κ2) is 13.9. The van der Waals surface area contributed by atoms with Gasteiger partial charge in [-0.1, -0.05) is 74.2 Å². The predicted molar refractivity (Wildman–Crippen MR) is 172 cm³/mol. The zero-order valence-corrected chi connectivity index (χ0v) is 25.6. The van der Waals surface area contributed by atoms with Crippen LogP contribution in [0, 0.1) is 20.8 Å². The maximum atomic E-state index is 13.7. The van der Waals surface area contributed by atoms with Crippen LogP contribution in [-0.2, 0) is 17.9 Å². The summed E-state index contributed by atoms with van der Waals surface area (Å²) in [4.78, 5) is 29.9. The van der Waals surface area contributed by atoms with Gasteiger partial charge >= 0.3 is 0 Å². The summed E-state index contributed by atoms with van der Waals surface area (Å²) < 4.78 is 0. The Morgan fingerprint density at radius 2 is 1.59 bits per heavy atom. The third kappa shape index (κ3) is 7.45. The molecule has 4 aromatic rings. The number of fused-ring (bicyclic) bond motifs is 2. The Balaban J connectivity index is 1.32. The van der Waals surface area contributed by atoms with E-state index in [4.69, 9.17) is 0 Å². The summed E-state index contributed by atoms with van der Waals surface area (Å²) in [5.74, 6) is 1.79. The van der Waals surface area contributed by atoms with Gasteiger partial charge in [-0.15, -0.1) is 11.3 Å². The number of amides is 1. The molecule has 2 aromatic heterocycles. The molecule has 0 saturated carbocycles. The van der Waals surface area contributed by atoms with Gasteiger partial charge in [0.1, 0.15) is 16.5 Å². The quantitative estimate of drug-likeness (QED) is 0.257. The number of hydrogen-bond donors (Lipinski definition) is 1. The molecule has 0 fully saturated rings. The number of nitrogens with zero attached hydrogens (tertiary/aromatic N) is 4. The zero-order chi connectivity index (χ0) is 28.6. The average Bonchev–Trinajstić information content (AvgIpc) is 3.26. The number of nitrogens with one attached hydrogen (secondary N) is 1. The van der Waals surface area contributed by atoms with Crippen molar-refractivity contribution in [3.8, 4) is 0 Å². The van der Waals surface area contributed by atoms with Crippen molar-refractivity contribution in [3.63, 3.8) is 0 Å². The molecule has 3 heterocycles. The lowest BCUT2D eigenvalue weighted by atomic mass is 10.1. The number of aromatic nitrogens is 2. The summed E-state index contributed by atoms with van der Waals surface area (Å²) in [5, 5.41) is 4.57. The number of carbonyl (C=O) groups excluding carboxylic acids is 1. The van der Waals surface area contributed by atoms with E-state index >= 15 is 0 Å². The lowest BCUT2D eigenvalue weighted by molar-refractivity contribution is -0.131. The van der Waals surface area contributed by atoms with E-state index in [1.165, 1.54) is 59.4 Å².